The largest absolute Gasteiger partial charge is 0.380 e. The third kappa shape index (κ3) is 5.92. The molecule has 0 fully saturated rings. The highest BCUT2D eigenvalue weighted by Gasteiger charge is 1.80. The smallest absolute Gasteiger partial charge is 0.0590 e. The zero-order chi connectivity index (χ0) is 6.24. The molecule has 1 radical (unpaired) electrons. The Hall–Kier alpha value is -0.0800. The van der Waals surface area contributed by atoms with Crippen molar-refractivity contribution in [3.8, 4) is 0 Å². The summed E-state index contributed by atoms with van der Waals surface area (Å²) in [6.45, 7) is 8.91. The lowest BCUT2D eigenvalue weighted by atomic mass is 10.6. The second-order valence-corrected chi connectivity index (χ2v) is 1.47. The van der Waals surface area contributed by atoms with Crippen LogP contribution in [-0.2, 0) is 4.74 Å². The van der Waals surface area contributed by atoms with Crippen molar-refractivity contribution in [1.82, 2.24) is 5.32 Å². The van der Waals surface area contributed by atoms with Gasteiger partial charge in [-0.3, -0.25) is 0 Å². The Labute approximate surface area is 51.2 Å². The van der Waals surface area contributed by atoms with Crippen LogP contribution in [0.5, 0.6) is 0 Å². The van der Waals surface area contributed by atoms with Crippen LogP contribution in [-0.4, -0.2) is 26.3 Å². The highest BCUT2D eigenvalue weighted by atomic mass is 16.5. The van der Waals surface area contributed by atoms with Crippen LogP contribution < -0.4 is 5.32 Å². The fourth-order valence-corrected chi connectivity index (χ4v) is 0.423. The first-order valence-corrected chi connectivity index (χ1v) is 2.99. The number of ether oxygens (including phenoxy) is 1. The molecule has 0 aliphatic heterocycles. The van der Waals surface area contributed by atoms with Crippen LogP contribution >= 0.6 is 0 Å². The van der Waals surface area contributed by atoms with Crippen molar-refractivity contribution in [2.45, 2.75) is 6.92 Å². The van der Waals surface area contributed by atoms with Crippen LogP contribution in [0.25, 0.3) is 0 Å². The molecule has 0 amide bonds. The number of hydrogen-bond donors (Lipinski definition) is 1. The maximum atomic E-state index is 4.96. The van der Waals surface area contributed by atoms with Crippen LogP contribution in [0.2, 0.25) is 0 Å². The minimum Gasteiger partial charge on any atom is -0.380 e. The van der Waals surface area contributed by atoms with Gasteiger partial charge in [-0.2, -0.15) is 0 Å². The topological polar surface area (TPSA) is 21.3 Å². The van der Waals surface area contributed by atoms with E-state index in [1.54, 1.807) is 0 Å². The standard InChI is InChI=1S/C6H14NO/c1-3-7-5-6-8-4-2/h7H,2-6H2,1H3. The SMILES string of the molecule is [CH2]COCCNCC. The van der Waals surface area contributed by atoms with Gasteiger partial charge in [-0.25, -0.2) is 0 Å². The lowest BCUT2D eigenvalue weighted by Gasteiger charge is -1.99. The molecule has 0 heterocycles. The van der Waals surface area contributed by atoms with Crippen molar-refractivity contribution in [2.75, 3.05) is 26.3 Å². The van der Waals surface area contributed by atoms with Gasteiger partial charge in [0.05, 0.1) is 6.61 Å². The number of rotatable bonds is 5. The Balaban J connectivity index is 2.53. The maximum Gasteiger partial charge on any atom is 0.0590 e. The summed E-state index contributed by atoms with van der Waals surface area (Å²) in [5, 5.41) is 3.13. The third-order valence-corrected chi connectivity index (χ3v) is 0.818. The van der Waals surface area contributed by atoms with Crippen molar-refractivity contribution in [1.29, 1.82) is 0 Å². The molecule has 0 rings (SSSR count). The van der Waals surface area contributed by atoms with E-state index < -0.39 is 0 Å². The molecular formula is C6H14NO. The van der Waals surface area contributed by atoms with Crippen LogP contribution in [0.1, 0.15) is 6.92 Å². The van der Waals surface area contributed by atoms with Gasteiger partial charge < -0.3 is 10.1 Å². The summed E-state index contributed by atoms with van der Waals surface area (Å²) in [5.74, 6) is 0. The van der Waals surface area contributed by atoms with Crippen molar-refractivity contribution < 1.29 is 4.74 Å². The Morgan fingerprint density at radius 1 is 1.62 bits per heavy atom. The minimum absolute atomic E-state index is 0.575. The summed E-state index contributed by atoms with van der Waals surface area (Å²) in [5.41, 5.74) is 0. The van der Waals surface area contributed by atoms with E-state index in [1.165, 1.54) is 0 Å². The Morgan fingerprint density at radius 3 is 2.88 bits per heavy atom. The summed E-state index contributed by atoms with van der Waals surface area (Å²) in [7, 11) is 0. The molecule has 0 saturated heterocycles. The average Bonchev–Trinajstić information content (AvgIpc) is 1.81. The number of hydrogen-bond acceptors (Lipinski definition) is 2. The molecule has 2 heteroatoms. The molecule has 0 bridgehead atoms. The van der Waals surface area contributed by atoms with E-state index >= 15 is 0 Å². The zero-order valence-corrected chi connectivity index (χ0v) is 5.44. The molecule has 0 aromatic carbocycles. The lowest BCUT2D eigenvalue weighted by Crippen LogP contribution is -2.18. The zero-order valence-electron chi connectivity index (χ0n) is 5.44. The van der Waals surface area contributed by atoms with Gasteiger partial charge in [0.25, 0.3) is 0 Å². The van der Waals surface area contributed by atoms with E-state index in [9.17, 15) is 0 Å². The fraction of sp³-hybridized carbons (Fsp3) is 0.833. The molecular weight excluding hydrogens is 102 g/mol. The molecule has 0 aromatic heterocycles. The molecule has 0 aliphatic rings. The number of nitrogens with one attached hydrogen (secondary N) is 1. The van der Waals surface area contributed by atoms with Crippen LogP contribution in [0, 0.1) is 6.92 Å². The van der Waals surface area contributed by atoms with E-state index in [2.05, 4.69) is 19.2 Å². The molecule has 0 aromatic rings. The summed E-state index contributed by atoms with van der Waals surface area (Å²) in [6, 6.07) is 0. The van der Waals surface area contributed by atoms with Gasteiger partial charge in [-0.1, -0.05) is 6.92 Å². The predicted molar refractivity (Wildman–Crippen MR) is 34.7 cm³/mol. The third-order valence-electron chi connectivity index (χ3n) is 0.818. The van der Waals surface area contributed by atoms with E-state index in [0.29, 0.717) is 6.61 Å². The van der Waals surface area contributed by atoms with Gasteiger partial charge in [0, 0.05) is 13.2 Å². The maximum absolute atomic E-state index is 4.96. The minimum atomic E-state index is 0.575. The van der Waals surface area contributed by atoms with E-state index in [4.69, 9.17) is 4.74 Å². The molecule has 0 saturated carbocycles. The quantitative estimate of drug-likeness (QED) is 0.526. The van der Waals surface area contributed by atoms with Gasteiger partial charge >= 0.3 is 0 Å². The molecule has 0 atom stereocenters. The highest BCUT2D eigenvalue weighted by molar-refractivity contribution is 4.40. The average molecular weight is 116 g/mol. The summed E-state index contributed by atoms with van der Waals surface area (Å²) < 4.78 is 4.96. The van der Waals surface area contributed by atoms with Gasteiger partial charge in [0.15, 0.2) is 0 Å². The highest BCUT2D eigenvalue weighted by Crippen LogP contribution is 1.68. The summed E-state index contributed by atoms with van der Waals surface area (Å²) in [6.07, 6.45) is 0. The van der Waals surface area contributed by atoms with E-state index in [1.807, 2.05) is 0 Å². The lowest BCUT2D eigenvalue weighted by molar-refractivity contribution is 0.163. The molecule has 0 spiro atoms. The summed E-state index contributed by atoms with van der Waals surface area (Å²) >= 11 is 0. The first-order valence-electron chi connectivity index (χ1n) is 2.99. The van der Waals surface area contributed by atoms with Crippen molar-refractivity contribution >= 4 is 0 Å². The second kappa shape index (κ2) is 6.92. The van der Waals surface area contributed by atoms with Crippen molar-refractivity contribution in [2.24, 2.45) is 0 Å². The fourth-order valence-electron chi connectivity index (χ4n) is 0.423. The predicted octanol–water partition coefficient (Wildman–Crippen LogP) is 0.447. The normalized spacial score (nSPS) is 9.75. The van der Waals surface area contributed by atoms with Crippen LogP contribution in [0.4, 0.5) is 0 Å². The first kappa shape index (κ1) is 7.92. The van der Waals surface area contributed by atoms with Crippen LogP contribution in [0.3, 0.4) is 0 Å². The van der Waals surface area contributed by atoms with Gasteiger partial charge in [-0.05, 0) is 13.5 Å². The molecule has 0 aliphatic carbocycles. The van der Waals surface area contributed by atoms with Gasteiger partial charge in [0.1, 0.15) is 0 Å². The van der Waals surface area contributed by atoms with Gasteiger partial charge in [-0.15, -0.1) is 0 Å². The number of likely N-dealkylation sites (N-methyl/N-ethyl adjacent to an activating group) is 1. The van der Waals surface area contributed by atoms with Crippen molar-refractivity contribution in [3.05, 3.63) is 6.92 Å². The molecule has 8 heavy (non-hydrogen) atoms. The van der Waals surface area contributed by atoms with E-state index in [-0.39, 0.29) is 0 Å². The summed E-state index contributed by atoms with van der Waals surface area (Å²) in [4.78, 5) is 0. The van der Waals surface area contributed by atoms with Gasteiger partial charge in [0.2, 0.25) is 0 Å². The molecule has 49 valence electrons. The molecule has 0 unspecified atom stereocenters. The second-order valence-electron chi connectivity index (χ2n) is 1.47. The Morgan fingerprint density at radius 2 is 2.38 bits per heavy atom. The monoisotopic (exact) mass is 116 g/mol. The Bertz CT molecular complexity index is 33.5. The van der Waals surface area contributed by atoms with Crippen molar-refractivity contribution in [3.63, 3.8) is 0 Å². The molecule has 2 nitrogen and oxygen atoms in total. The first-order chi connectivity index (χ1) is 3.91. The molecule has 1 N–H and O–H groups in total. The Kier molecular flexibility index (Phi) is 6.85. The van der Waals surface area contributed by atoms with E-state index in [0.717, 1.165) is 19.7 Å². The van der Waals surface area contributed by atoms with Crippen LogP contribution in [0.15, 0.2) is 0 Å².